The van der Waals surface area contributed by atoms with Crippen LogP contribution < -0.4 is 4.90 Å². The lowest BCUT2D eigenvalue weighted by atomic mass is 10.1. The van der Waals surface area contributed by atoms with Crippen molar-refractivity contribution in [3.63, 3.8) is 0 Å². The number of aromatic nitrogens is 1. The first kappa shape index (κ1) is 17.5. The van der Waals surface area contributed by atoms with Gasteiger partial charge in [0.25, 0.3) is 5.91 Å². The van der Waals surface area contributed by atoms with E-state index in [1.165, 1.54) is 12.1 Å². The molecule has 0 spiro atoms. The van der Waals surface area contributed by atoms with E-state index in [0.29, 0.717) is 18.7 Å². The number of aliphatic hydroxyl groups excluding tert-OH is 1. The molecule has 0 radical (unpaired) electrons. The van der Waals surface area contributed by atoms with Crippen molar-refractivity contribution in [1.82, 2.24) is 9.30 Å². The predicted octanol–water partition coefficient (Wildman–Crippen LogP) is 3.44. The van der Waals surface area contributed by atoms with E-state index in [-0.39, 0.29) is 11.7 Å². The van der Waals surface area contributed by atoms with Crippen LogP contribution in [0.2, 0.25) is 0 Å². The fourth-order valence-electron chi connectivity index (χ4n) is 3.61. The molecule has 0 aliphatic carbocycles. The third-order valence-corrected chi connectivity index (χ3v) is 5.12. The van der Waals surface area contributed by atoms with Crippen molar-refractivity contribution < 1.29 is 14.3 Å². The predicted molar refractivity (Wildman–Crippen MR) is 103 cm³/mol. The third kappa shape index (κ3) is 3.40. The van der Waals surface area contributed by atoms with Crippen molar-refractivity contribution >= 4 is 22.9 Å². The zero-order chi connectivity index (χ0) is 19.0. The zero-order valence-corrected chi connectivity index (χ0v) is 15.2. The van der Waals surface area contributed by atoms with Gasteiger partial charge in [0.05, 0.1) is 11.7 Å². The maximum absolute atomic E-state index is 13.2. The fourth-order valence-corrected chi connectivity index (χ4v) is 3.61. The first-order chi connectivity index (χ1) is 13.0. The van der Waals surface area contributed by atoms with E-state index in [1.54, 1.807) is 17.0 Å². The highest BCUT2D eigenvalue weighted by atomic mass is 19.1. The van der Waals surface area contributed by atoms with Gasteiger partial charge in [-0.05, 0) is 61.4 Å². The highest BCUT2D eigenvalue weighted by Crippen LogP contribution is 2.27. The van der Waals surface area contributed by atoms with Gasteiger partial charge in [0.1, 0.15) is 11.6 Å². The summed E-state index contributed by atoms with van der Waals surface area (Å²) in [4.78, 5) is 16.5. The van der Waals surface area contributed by atoms with Crippen LogP contribution in [-0.2, 0) is 0 Å². The Labute approximate surface area is 157 Å². The molecule has 0 saturated carbocycles. The summed E-state index contributed by atoms with van der Waals surface area (Å²) >= 11 is 0. The maximum atomic E-state index is 13.2. The van der Waals surface area contributed by atoms with Gasteiger partial charge in [-0.1, -0.05) is 0 Å². The molecule has 140 valence electrons. The Morgan fingerprint density at radius 2 is 1.89 bits per heavy atom. The first-order valence-electron chi connectivity index (χ1n) is 9.11. The quantitative estimate of drug-likeness (QED) is 0.771. The molecule has 1 N–H and O–H groups in total. The molecule has 1 aromatic carbocycles. The highest BCUT2D eigenvalue weighted by Gasteiger charge is 2.23. The number of likely N-dealkylation sites (tertiary alicyclic amines) is 1. The van der Waals surface area contributed by atoms with E-state index < -0.39 is 6.10 Å². The Hall–Kier alpha value is -2.86. The van der Waals surface area contributed by atoms with Crippen molar-refractivity contribution in [3.05, 3.63) is 66.1 Å². The lowest BCUT2D eigenvalue weighted by Crippen LogP contribution is -2.42. The molecule has 6 heteroatoms. The minimum absolute atomic E-state index is 0.0697. The molecule has 1 aliphatic rings. The van der Waals surface area contributed by atoms with Crippen molar-refractivity contribution in [2.75, 3.05) is 25.0 Å². The Kier molecular flexibility index (Phi) is 4.58. The van der Waals surface area contributed by atoms with Gasteiger partial charge in [0, 0.05) is 37.5 Å². The number of piperidine rings is 1. The molecule has 2 aromatic heterocycles. The molecule has 1 atom stereocenters. The van der Waals surface area contributed by atoms with Crippen LogP contribution in [0.15, 0.2) is 54.7 Å². The largest absolute Gasteiger partial charge is 0.391 e. The van der Waals surface area contributed by atoms with Gasteiger partial charge in [-0.25, -0.2) is 4.39 Å². The van der Waals surface area contributed by atoms with E-state index in [2.05, 4.69) is 0 Å². The summed E-state index contributed by atoms with van der Waals surface area (Å²) in [6.45, 7) is 1.05. The van der Waals surface area contributed by atoms with Gasteiger partial charge in [0.2, 0.25) is 0 Å². The van der Waals surface area contributed by atoms with Gasteiger partial charge in [-0.15, -0.1) is 0 Å². The molecule has 27 heavy (non-hydrogen) atoms. The minimum atomic E-state index is -0.446. The van der Waals surface area contributed by atoms with Gasteiger partial charge < -0.3 is 19.3 Å². The second kappa shape index (κ2) is 7.04. The number of hydrogen-bond acceptors (Lipinski definition) is 3. The second-order valence-corrected chi connectivity index (χ2v) is 6.99. The Bertz CT molecular complexity index is 967. The monoisotopic (exact) mass is 367 g/mol. The summed E-state index contributed by atoms with van der Waals surface area (Å²) in [7, 11) is 1.91. The standard InChI is InChI=1S/C21H22FN3O2/c1-23(17-8-5-16(22)6-9-17)20-11-10-18-7-4-15(13-25(18)20)21(27)24-12-2-3-19(26)14-24/h4-11,13,19,26H,2-3,12,14H2,1H3/t19-/m0/s1. The number of rotatable bonds is 3. The molecule has 5 nitrogen and oxygen atoms in total. The first-order valence-corrected chi connectivity index (χ1v) is 9.11. The van der Waals surface area contributed by atoms with Crippen LogP contribution in [0.25, 0.3) is 5.52 Å². The number of pyridine rings is 1. The molecule has 3 aromatic rings. The number of amides is 1. The smallest absolute Gasteiger partial charge is 0.255 e. The van der Waals surface area contributed by atoms with E-state index in [9.17, 15) is 14.3 Å². The molecule has 4 rings (SSSR count). The van der Waals surface area contributed by atoms with Crippen molar-refractivity contribution in [3.8, 4) is 0 Å². The average molecular weight is 367 g/mol. The van der Waals surface area contributed by atoms with Crippen molar-refractivity contribution in [2.45, 2.75) is 18.9 Å². The molecule has 1 fully saturated rings. The average Bonchev–Trinajstić information content (AvgIpc) is 3.10. The number of anilines is 2. The molecule has 1 amide bonds. The fraction of sp³-hybridized carbons (Fsp3) is 0.286. The summed E-state index contributed by atoms with van der Waals surface area (Å²) in [5.41, 5.74) is 2.41. The Morgan fingerprint density at radius 3 is 2.63 bits per heavy atom. The summed E-state index contributed by atoms with van der Waals surface area (Å²) < 4.78 is 15.2. The number of β-amino-alcohol motifs (C(OH)–C–C–N with tert-alkyl or cyclic N) is 1. The normalized spacial score (nSPS) is 17.3. The Balaban J connectivity index is 1.66. The third-order valence-electron chi connectivity index (χ3n) is 5.12. The van der Waals surface area contributed by atoms with Crippen LogP contribution in [0.5, 0.6) is 0 Å². The van der Waals surface area contributed by atoms with Crippen LogP contribution in [0.4, 0.5) is 15.9 Å². The number of nitrogens with zero attached hydrogens (tertiary/aromatic N) is 3. The molecule has 0 bridgehead atoms. The Morgan fingerprint density at radius 1 is 1.15 bits per heavy atom. The van der Waals surface area contributed by atoms with E-state index in [1.807, 2.05) is 46.8 Å². The van der Waals surface area contributed by atoms with Gasteiger partial charge in [0.15, 0.2) is 0 Å². The number of carbonyl (C=O) groups excluding carboxylic acids is 1. The van der Waals surface area contributed by atoms with Crippen LogP contribution in [0.1, 0.15) is 23.2 Å². The zero-order valence-electron chi connectivity index (χ0n) is 15.2. The van der Waals surface area contributed by atoms with Gasteiger partial charge in [-0.2, -0.15) is 0 Å². The SMILES string of the molecule is CN(c1ccc(F)cc1)c1ccc2ccc(C(=O)N3CCC[C@H](O)C3)cn12. The topological polar surface area (TPSA) is 48.2 Å². The number of hydrogen-bond donors (Lipinski definition) is 1. The second-order valence-electron chi connectivity index (χ2n) is 6.99. The summed E-state index contributed by atoms with van der Waals surface area (Å²) in [6, 6.07) is 14.0. The number of benzene rings is 1. The number of carbonyl (C=O) groups is 1. The number of aliphatic hydroxyl groups is 1. The van der Waals surface area contributed by atoms with Crippen LogP contribution in [0.3, 0.4) is 0 Å². The van der Waals surface area contributed by atoms with Crippen molar-refractivity contribution in [2.24, 2.45) is 0 Å². The highest BCUT2D eigenvalue weighted by molar-refractivity contribution is 5.94. The summed E-state index contributed by atoms with van der Waals surface area (Å²) in [6.07, 6.45) is 2.94. The molecule has 0 unspecified atom stereocenters. The number of fused-ring (bicyclic) bond motifs is 1. The van der Waals surface area contributed by atoms with E-state index in [4.69, 9.17) is 0 Å². The molecule has 1 saturated heterocycles. The van der Waals surface area contributed by atoms with Gasteiger partial charge in [-0.3, -0.25) is 4.79 Å². The molecular weight excluding hydrogens is 345 g/mol. The van der Waals surface area contributed by atoms with E-state index >= 15 is 0 Å². The molecular formula is C21H22FN3O2. The lowest BCUT2D eigenvalue weighted by Gasteiger charge is -2.30. The van der Waals surface area contributed by atoms with E-state index in [0.717, 1.165) is 29.9 Å². The molecule has 1 aliphatic heterocycles. The molecule has 3 heterocycles. The maximum Gasteiger partial charge on any atom is 0.255 e. The lowest BCUT2D eigenvalue weighted by molar-refractivity contribution is 0.0473. The summed E-state index contributed by atoms with van der Waals surface area (Å²) in [5.74, 6) is 0.536. The van der Waals surface area contributed by atoms with Crippen LogP contribution >= 0.6 is 0 Å². The van der Waals surface area contributed by atoms with Gasteiger partial charge >= 0.3 is 0 Å². The van der Waals surface area contributed by atoms with Crippen molar-refractivity contribution in [1.29, 1.82) is 0 Å². The van der Waals surface area contributed by atoms with Crippen LogP contribution in [-0.4, -0.2) is 46.6 Å². The van der Waals surface area contributed by atoms with Crippen LogP contribution in [0, 0.1) is 5.82 Å². The minimum Gasteiger partial charge on any atom is -0.391 e. The summed E-state index contributed by atoms with van der Waals surface area (Å²) in [5, 5.41) is 9.84. The number of halogens is 1.